The summed E-state index contributed by atoms with van der Waals surface area (Å²) in [6.45, 7) is 0.288. The number of nitrogens with zero attached hydrogens (tertiary/aromatic N) is 3. The second kappa shape index (κ2) is 9.49. The van der Waals surface area contributed by atoms with E-state index in [1.807, 2.05) is 42.5 Å². The molecular formula is C22H23N4O4P. The van der Waals surface area contributed by atoms with Gasteiger partial charge in [-0.25, -0.2) is 0 Å². The van der Waals surface area contributed by atoms with Gasteiger partial charge in [0.1, 0.15) is 0 Å². The maximum atomic E-state index is 11.1. The van der Waals surface area contributed by atoms with E-state index in [1.54, 1.807) is 6.20 Å². The van der Waals surface area contributed by atoms with Gasteiger partial charge in [-0.05, 0) is 36.1 Å². The van der Waals surface area contributed by atoms with Crippen molar-refractivity contribution >= 4 is 18.5 Å². The maximum Gasteiger partial charge on any atom is 0.339 e. The number of fused-ring (bicyclic) bond motifs is 1. The summed E-state index contributed by atoms with van der Waals surface area (Å²) in [5.41, 5.74) is 3.65. The van der Waals surface area contributed by atoms with Crippen LogP contribution in [0.4, 0.5) is 0 Å². The highest BCUT2D eigenvalue weighted by atomic mass is 31.2. The predicted octanol–water partition coefficient (Wildman–Crippen LogP) is 3.68. The topological polar surface area (TPSA) is 121 Å². The largest absolute Gasteiger partial charge is 0.339 e. The molecule has 2 aromatic carbocycles. The molecule has 2 aromatic heterocycles. The molecular weight excluding hydrogens is 415 g/mol. The van der Waals surface area contributed by atoms with E-state index in [4.69, 9.17) is 14.3 Å². The van der Waals surface area contributed by atoms with Crippen molar-refractivity contribution in [2.24, 2.45) is 0 Å². The Hall–Kier alpha value is -2.90. The van der Waals surface area contributed by atoms with Crippen molar-refractivity contribution in [3.8, 4) is 11.4 Å². The van der Waals surface area contributed by atoms with E-state index < -0.39 is 7.60 Å². The fourth-order valence-electron chi connectivity index (χ4n) is 3.46. The molecule has 3 N–H and O–H groups in total. The van der Waals surface area contributed by atoms with Gasteiger partial charge in [0.05, 0.1) is 11.8 Å². The molecule has 0 aliphatic rings. The van der Waals surface area contributed by atoms with Gasteiger partial charge in [0, 0.05) is 30.1 Å². The first-order valence-electron chi connectivity index (χ1n) is 9.98. The Balaban J connectivity index is 1.49. The number of aromatic nitrogens is 3. The zero-order valence-electron chi connectivity index (χ0n) is 16.8. The highest BCUT2D eigenvalue weighted by Gasteiger charge is 2.16. The molecule has 9 heteroatoms. The number of rotatable bonds is 9. The van der Waals surface area contributed by atoms with Gasteiger partial charge in [0.15, 0.2) is 0 Å². The zero-order valence-corrected chi connectivity index (χ0v) is 17.7. The lowest BCUT2D eigenvalue weighted by molar-refractivity contribution is 0.368. The summed E-state index contributed by atoms with van der Waals surface area (Å²) in [5.74, 6) is 1.10. The Bertz CT molecular complexity index is 1210. The van der Waals surface area contributed by atoms with Crippen LogP contribution in [-0.4, -0.2) is 31.2 Å². The van der Waals surface area contributed by atoms with Crippen LogP contribution in [0.15, 0.2) is 65.3 Å². The number of hydrogen-bond donors (Lipinski definition) is 3. The summed E-state index contributed by atoms with van der Waals surface area (Å²) < 4.78 is 16.5. The second-order valence-corrected chi connectivity index (χ2v) is 8.92. The number of hydrogen-bond acceptors (Lipinski definition) is 6. The van der Waals surface area contributed by atoms with Crippen molar-refractivity contribution in [2.45, 2.75) is 25.8 Å². The molecule has 0 unspecified atom stereocenters. The maximum absolute atomic E-state index is 11.1. The quantitative estimate of drug-likeness (QED) is 0.338. The van der Waals surface area contributed by atoms with Crippen LogP contribution in [0.5, 0.6) is 0 Å². The van der Waals surface area contributed by atoms with Gasteiger partial charge in [-0.2, -0.15) is 4.98 Å². The molecule has 0 fully saturated rings. The third-order valence-corrected chi connectivity index (χ3v) is 5.53. The molecule has 0 saturated carbocycles. The van der Waals surface area contributed by atoms with E-state index in [2.05, 4.69) is 32.6 Å². The van der Waals surface area contributed by atoms with Gasteiger partial charge >= 0.3 is 7.60 Å². The Kier molecular flexibility index (Phi) is 6.53. The lowest BCUT2D eigenvalue weighted by Gasteiger charge is -2.10. The molecule has 2 heterocycles. The molecule has 8 nitrogen and oxygen atoms in total. The molecule has 4 rings (SSSR count). The standard InChI is InChI=1S/C22H23N4O4P/c27-31(28,29)15-23-14-17-11-12-19(18-9-5-13-24-21(17)18)22-25-20(30-26-22)10-4-8-16-6-2-1-3-7-16/h1-3,5-7,9,11-13,23H,4,8,10,14-15H2,(H2,27,28,29). The Morgan fingerprint density at radius 3 is 2.65 bits per heavy atom. The SMILES string of the molecule is O=P(O)(O)CNCc1ccc(-c2noc(CCCc3ccccc3)n2)c2cccnc12. The molecule has 160 valence electrons. The van der Waals surface area contributed by atoms with Crippen LogP contribution in [-0.2, 0) is 24.0 Å². The highest BCUT2D eigenvalue weighted by molar-refractivity contribution is 7.51. The van der Waals surface area contributed by atoms with Gasteiger partial charge in [0.25, 0.3) is 0 Å². The van der Waals surface area contributed by atoms with E-state index in [0.717, 1.165) is 34.9 Å². The molecule has 0 saturated heterocycles. The lowest BCUT2D eigenvalue weighted by Crippen LogP contribution is -2.15. The van der Waals surface area contributed by atoms with Gasteiger partial charge in [0.2, 0.25) is 11.7 Å². The van der Waals surface area contributed by atoms with Gasteiger partial charge in [-0.3, -0.25) is 9.55 Å². The minimum atomic E-state index is -4.11. The number of aryl methyl sites for hydroxylation is 2. The molecule has 4 aromatic rings. The summed E-state index contributed by atoms with van der Waals surface area (Å²) in [4.78, 5) is 27.1. The summed E-state index contributed by atoms with van der Waals surface area (Å²) in [6.07, 6.45) is 3.85. The van der Waals surface area contributed by atoms with Crippen LogP contribution >= 0.6 is 7.60 Å². The normalized spacial score (nSPS) is 11.8. The van der Waals surface area contributed by atoms with Gasteiger partial charge < -0.3 is 19.6 Å². The summed E-state index contributed by atoms with van der Waals surface area (Å²) in [5, 5.41) is 7.79. The molecule has 0 aliphatic carbocycles. The molecule has 0 bridgehead atoms. The van der Waals surface area contributed by atoms with Crippen molar-refractivity contribution in [2.75, 3.05) is 6.29 Å². The molecule has 31 heavy (non-hydrogen) atoms. The van der Waals surface area contributed by atoms with Crippen LogP contribution in [0.1, 0.15) is 23.4 Å². The smallest absolute Gasteiger partial charge is 0.339 e. The van der Waals surface area contributed by atoms with E-state index in [-0.39, 0.29) is 12.8 Å². The second-order valence-electron chi connectivity index (χ2n) is 7.27. The minimum Gasteiger partial charge on any atom is -0.339 e. The first kappa shape index (κ1) is 21.3. The van der Waals surface area contributed by atoms with Crippen LogP contribution in [0, 0.1) is 0 Å². The van der Waals surface area contributed by atoms with Gasteiger partial charge in [-0.1, -0.05) is 47.6 Å². The van der Waals surface area contributed by atoms with Crippen molar-refractivity contribution in [1.29, 1.82) is 0 Å². The van der Waals surface area contributed by atoms with Crippen LogP contribution in [0.3, 0.4) is 0 Å². The van der Waals surface area contributed by atoms with Crippen LogP contribution in [0.2, 0.25) is 0 Å². The first-order chi connectivity index (χ1) is 15.0. The van der Waals surface area contributed by atoms with Gasteiger partial charge in [-0.15, -0.1) is 0 Å². The van der Waals surface area contributed by atoms with Crippen molar-refractivity contribution in [1.82, 2.24) is 20.4 Å². The van der Waals surface area contributed by atoms with E-state index >= 15 is 0 Å². The number of benzene rings is 2. The Morgan fingerprint density at radius 2 is 1.84 bits per heavy atom. The van der Waals surface area contributed by atoms with E-state index in [0.29, 0.717) is 18.1 Å². The highest BCUT2D eigenvalue weighted by Crippen LogP contribution is 2.33. The average Bonchev–Trinajstić information content (AvgIpc) is 3.22. The summed E-state index contributed by atoms with van der Waals surface area (Å²) in [7, 11) is -4.11. The fourth-order valence-corrected chi connectivity index (χ4v) is 3.86. The van der Waals surface area contributed by atoms with Crippen molar-refractivity contribution in [3.05, 3.63) is 77.8 Å². The molecule has 0 amide bonds. The molecule has 0 spiro atoms. The average molecular weight is 438 g/mol. The monoisotopic (exact) mass is 438 g/mol. The fraction of sp³-hybridized carbons (Fsp3) is 0.227. The summed E-state index contributed by atoms with van der Waals surface area (Å²) in [6, 6.07) is 17.8. The molecule has 0 aliphatic heterocycles. The predicted molar refractivity (Wildman–Crippen MR) is 117 cm³/mol. The zero-order chi connectivity index (χ0) is 21.7. The molecule has 0 atom stereocenters. The van der Waals surface area contributed by atoms with Crippen molar-refractivity contribution < 1.29 is 18.9 Å². The first-order valence-corrected chi connectivity index (χ1v) is 11.8. The van der Waals surface area contributed by atoms with E-state index in [1.165, 1.54) is 5.56 Å². The van der Waals surface area contributed by atoms with Crippen molar-refractivity contribution in [3.63, 3.8) is 0 Å². The lowest BCUT2D eigenvalue weighted by atomic mass is 10.0. The Labute approximate surface area is 179 Å². The van der Waals surface area contributed by atoms with E-state index in [9.17, 15) is 4.57 Å². The molecule has 0 radical (unpaired) electrons. The van der Waals surface area contributed by atoms with Crippen LogP contribution in [0.25, 0.3) is 22.3 Å². The summed E-state index contributed by atoms with van der Waals surface area (Å²) >= 11 is 0. The minimum absolute atomic E-state index is 0.288. The van der Waals surface area contributed by atoms with Crippen LogP contribution < -0.4 is 5.32 Å². The number of pyridine rings is 1. The third kappa shape index (κ3) is 5.62. The Morgan fingerprint density at radius 1 is 1.00 bits per heavy atom. The third-order valence-electron chi connectivity index (χ3n) is 4.89. The number of nitrogens with one attached hydrogen (secondary N) is 1.